The first-order valence-electron chi connectivity index (χ1n) is 14.7. The van der Waals surface area contributed by atoms with E-state index in [4.69, 9.17) is 23.2 Å². The molecule has 3 atom stereocenters. The molecule has 7 nitrogen and oxygen atoms in total. The SMILES string of the molecule is CC1(C)C2CCC1(CS(=O)(=O)NC(Cc1ccccc1)c1nnc(SCc3ccc(F)cc3)n1-c1ccc(Cl)cc1Cl)C(=O)C2. The molecule has 0 saturated heterocycles. The second-order valence-corrected chi connectivity index (χ2v) is 16.0. The largest absolute Gasteiger partial charge is 0.299 e. The van der Waals surface area contributed by atoms with Crippen molar-refractivity contribution in [3.8, 4) is 5.69 Å². The van der Waals surface area contributed by atoms with Gasteiger partial charge in [0.15, 0.2) is 11.0 Å². The van der Waals surface area contributed by atoms with Crippen molar-refractivity contribution in [3.63, 3.8) is 0 Å². The molecule has 0 amide bonds. The molecule has 2 aliphatic rings. The summed E-state index contributed by atoms with van der Waals surface area (Å²) in [5, 5.41) is 10.3. The number of benzene rings is 3. The van der Waals surface area contributed by atoms with Crippen LogP contribution >= 0.6 is 35.0 Å². The maximum atomic E-state index is 14.1. The van der Waals surface area contributed by atoms with Crippen molar-refractivity contribution in [3.05, 3.63) is 106 Å². The predicted molar refractivity (Wildman–Crippen MR) is 176 cm³/mol. The number of nitrogens with one attached hydrogen (secondary N) is 1. The van der Waals surface area contributed by atoms with E-state index in [9.17, 15) is 17.6 Å². The molecule has 2 aliphatic carbocycles. The minimum atomic E-state index is -3.99. The monoisotopic (exact) mass is 686 g/mol. The Morgan fingerprint density at radius 1 is 1.04 bits per heavy atom. The number of aromatic nitrogens is 3. The molecule has 1 heterocycles. The Labute approximate surface area is 277 Å². The van der Waals surface area contributed by atoms with Crippen LogP contribution in [-0.2, 0) is 27.0 Å². The summed E-state index contributed by atoms with van der Waals surface area (Å²) in [4.78, 5) is 13.2. The zero-order valence-corrected chi connectivity index (χ0v) is 28.0. The van der Waals surface area contributed by atoms with Crippen LogP contribution in [0, 0.1) is 22.6 Å². The van der Waals surface area contributed by atoms with Gasteiger partial charge in [-0.05, 0) is 72.1 Å². The number of hydrogen-bond donors (Lipinski definition) is 1. The molecule has 0 radical (unpaired) electrons. The number of rotatable bonds is 11. The van der Waals surface area contributed by atoms with Crippen LogP contribution in [0.4, 0.5) is 4.39 Å². The number of hydrogen-bond acceptors (Lipinski definition) is 6. The van der Waals surface area contributed by atoms with Gasteiger partial charge in [0, 0.05) is 22.6 Å². The molecule has 2 saturated carbocycles. The highest BCUT2D eigenvalue weighted by molar-refractivity contribution is 7.98. The molecule has 12 heteroatoms. The number of fused-ring (bicyclic) bond motifs is 2. The van der Waals surface area contributed by atoms with Crippen LogP contribution in [0.3, 0.4) is 0 Å². The molecule has 2 bridgehead atoms. The van der Waals surface area contributed by atoms with E-state index in [1.165, 1.54) is 23.9 Å². The molecule has 2 fully saturated rings. The standard InChI is InChI=1S/C33H33Cl2FN4O3S2/c1-32(2)23-14-15-33(32,29(41)17-23)20-45(42,43)39-27(16-21-6-4-3-5-7-21)30-37-38-31(44-19-22-8-11-25(36)12-9-22)40(30)28-13-10-24(34)18-26(28)35/h3-13,18,23,27,39H,14-17,19-20H2,1-2H3. The van der Waals surface area contributed by atoms with Gasteiger partial charge in [0.2, 0.25) is 10.0 Å². The number of thioether (sulfide) groups is 1. The smallest absolute Gasteiger partial charge is 0.213 e. The number of carbonyl (C=O) groups excluding carboxylic acids is 1. The van der Waals surface area contributed by atoms with Gasteiger partial charge in [-0.2, -0.15) is 0 Å². The lowest BCUT2D eigenvalue weighted by molar-refractivity contribution is -0.128. The van der Waals surface area contributed by atoms with E-state index in [1.807, 2.05) is 44.2 Å². The van der Waals surface area contributed by atoms with Gasteiger partial charge in [-0.1, -0.05) is 91.3 Å². The highest BCUT2D eigenvalue weighted by atomic mass is 35.5. The highest BCUT2D eigenvalue weighted by Crippen LogP contribution is 2.64. The Hall–Kier alpha value is -2.76. The van der Waals surface area contributed by atoms with Gasteiger partial charge < -0.3 is 0 Å². The van der Waals surface area contributed by atoms with Crippen LogP contribution in [0.5, 0.6) is 0 Å². The third-order valence-corrected chi connectivity index (χ3v) is 12.6. The van der Waals surface area contributed by atoms with Gasteiger partial charge in [0.05, 0.1) is 22.5 Å². The fourth-order valence-electron chi connectivity index (χ4n) is 6.94. The first kappa shape index (κ1) is 32.2. The summed E-state index contributed by atoms with van der Waals surface area (Å²) < 4.78 is 46.4. The Bertz CT molecular complexity index is 1830. The van der Waals surface area contributed by atoms with Crippen LogP contribution in [0.15, 0.2) is 78.0 Å². The highest BCUT2D eigenvalue weighted by Gasteiger charge is 2.65. The lowest BCUT2D eigenvalue weighted by atomic mass is 9.70. The van der Waals surface area contributed by atoms with Crippen LogP contribution < -0.4 is 4.72 Å². The first-order chi connectivity index (χ1) is 21.4. The second-order valence-electron chi connectivity index (χ2n) is 12.5. The van der Waals surface area contributed by atoms with Crippen molar-refractivity contribution >= 4 is 50.8 Å². The normalized spacial score (nSPS) is 21.4. The van der Waals surface area contributed by atoms with Crippen molar-refractivity contribution in [2.75, 3.05) is 5.75 Å². The van der Waals surface area contributed by atoms with Crippen LogP contribution in [0.2, 0.25) is 10.0 Å². The predicted octanol–water partition coefficient (Wildman–Crippen LogP) is 7.60. The summed E-state index contributed by atoms with van der Waals surface area (Å²) in [6.07, 6.45) is 2.11. The summed E-state index contributed by atoms with van der Waals surface area (Å²) in [5.41, 5.74) is 0.959. The zero-order valence-electron chi connectivity index (χ0n) is 24.8. The average molecular weight is 688 g/mol. The topological polar surface area (TPSA) is 93.9 Å². The summed E-state index contributed by atoms with van der Waals surface area (Å²) >= 11 is 14.3. The fraction of sp³-hybridized carbons (Fsp3) is 0.364. The summed E-state index contributed by atoms with van der Waals surface area (Å²) in [5.74, 6) is 0.413. The zero-order chi connectivity index (χ0) is 32.0. The van der Waals surface area contributed by atoms with Gasteiger partial charge in [0.25, 0.3) is 0 Å². The molecule has 236 valence electrons. The Morgan fingerprint density at radius 2 is 1.78 bits per heavy atom. The number of halogens is 3. The molecule has 45 heavy (non-hydrogen) atoms. The van der Waals surface area contributed by atoms with Crippen molar-refractivity contribution in [2.45, 2.75) is 56.5 Å². The van der Waals surface area contributed by atoms with Crippen molar-refractivity contribution in [1.29, 1.82) is 0 Å². The molecule has 1 aromatic heterocycles. The van der Waals surface area contributed by atoms with Crippen molar-refractivity contribution in [1.82, 2.24) is 19.5 Å². The molecule has 3 aromatic carbocycles. The third kappa shape index (κ3) is 6.32. The number of carbonyl (C=O) groups is 1. The number of sulfonamides is 1. The lowest BCUT2D eigenvalue weighted by Gasteiger charge is -2.36. The van der Waals surface area contributed by atoms with Crippen LogP contribution in [0.25, 0.3) is 5.69 Å². The maximum Gasteiger partial charge on any atom is 0.213 e. The lowest BCUT2D eigenvalue weighted by Crippen LogP contribution is -2.46. The van der Waals surface area contributed by atoms with Crippen LogP contribution in [-0.4, -0.2) is 34.7 Å². The molecule has 0 aliphatic heterocycles. The fourth-order valence-corrected chi connectivity index (χ4v) is 10.4. The van der Waals surface area contributed by atoms with E-state index >= 15 is 0 Å². The first-order valence-corrected chi connectivity index (χ1v) is 18.1. The Morgan fingerprint density at radius 3 is 2.42 bits per heavy atom. The molecular formula is C33H33Cl2FN4O3S2. The number of ketones is 1. The molecular weight excluding hydrogens is 654 g/mol. The number of Topliss-reactive ketones (excluding diaryl/α,β-unsaturated/α-hetero) is 1. The van der Waals surface area contributed by atoms with Gasteiger partial charge >= 0.3 is 0 Å². The Balaban J connectivity index is 1.40. The molecule has 0 spiro atoms. The van der Waals surface area contributed by atoms with Gasteiger partial charge in [-0.15, -0.1) is 10.2 Å². The summed E-state index contributed by atoms with van der Waals surface area (Å²) in [7, 11) is -3.99. The average Bonchev–Trinajstić information content (AvgIpc) is 3.56. The van der Waals surface area contributed by atoms with Crippen LogP contribution in [0.1, 0.15) is 56.1 Å². The summed E-state index contributed by atoms with van der Waals surface area (Å²) in [6.45, 7) is 4.05. The molecule has 4 aromatic rings. The van der Waals surface area contributed by atoms with Crippen molar-refractivity contribution in [2.24, 2.45) is 16.7 Å². The Kier molecular flexibility index (Phi) is 8.91. The van der Waals surface area contributed by atoms with E-state index in [-0.39, 0.29) is 29.7 Å². The maximum absolute atomic E-state index is 14.1. The van der Waals surface area contributed by atoms with Gasteiger partial charge in [-0.25, -0.2) is 17.5 Å². The van der Waals surface area contributed by atoms with Gasteiger partial charge in [-0.3, -0.25) is 9.36 Å². The molecule has 6 rings (SSSR count). The molecule has 1 N–H and O–H groups in total. The van der Waals surface area contributed by atoms with Crippen molar-refractivity contribution < 1.29 is 17.6 Å². The minimum Gasteiger partial charge on any atom is -0.299 e. The van der Waals surface area contributed by atoms with E-state index in [0.717, 1.165) is 17.5 Å². The number of nitrogens with zero attached hydrogens (tertiary/aromatic N) is 3. The second kappa shape index (κ2) is 12.4. The van der Waals surface area contributed by atoms with E-state index in [1.54, 1.807) is 34.9 Å². The van der Waals surface area contributed by atoms with Gasteiger partial charge in [0.1, 0.15) is 11.6 Å². The third-order valence-electron chi connectivity index (χ3n) is 9.58. The summed E-state index contributed by atoms with van der Waals surface area (Å²) in [6, 6.07) is 19.9. The van der Waals surface area contributed by atoms with E-state index < -0.39 is 26.9 Å². The van der Waals surface area contributed by atoms with E-state index in [0.29, 0.717) is 45.3 Å². The minimum absolute atomic E-state index is 0.0318. The molecule has 3 unspecified atom stereocenters. The van der Waals surface area contributed by atoms with E-state index in [2.05, 4.69) is 14.9 Å². The quantitative estimate of drug-likeness (QED) is 0.163.